The zero-order chi connectivity index (χ0) is 14.7. The lowest BCUT2D eigenvalue weighted by Crippen LogP contribution is -2.16. The molecule has 0 atom stereocenters. The lowest BCUT2D eigenvalue weighted by molar-refractivity contribution is -0.141. The van der Waals surface area contributed by atoms with E-state index in [0.29, 0.717) is 24.0 Å². The van der Waals surface area contributed by atoms with Gasteiger partial charge in [-0.25, -0.2) is 9.59 Å². The Morgan fingerprint density at radius 2 is 1.42 bits per heavy atom. The van der Waals surface area contributed by atoms with Crippen molar-refractivity contribution < 1.29 is 19.1 Å². The minimum Gasteiger partial charge on any atom is -0.458 e. The number of carbonyl (C=O) groups is 2. The summed E-state index contributed by atoms with van der Waals surface area (Å²) >= 11 is 0. The van der Waals surface area contributed by atoms with Crippen molar-refractivity contribution in [2.75, 3.05) is 13.2 Å². The molecule has 4 nitrogen and oxygen atoms in total. The summed E-state index contributed by atoms with van der Waals surface area (Å²) in [6.07, 6.45) is 4.64. The van der Waals surface area contributed by atoms with Gasteiger partial charge in [-0.3, -0.25) is 0 Å². The molecule has 0 saturated carbocycles. The van der Waals surface area contributed by atoms with Crippen molar-refractivity contribution in [1.82, 2.24) is 0 Å². The molecule has 0 bridgehead atoms. The van der Waals surface area contributed by atoms with Crippen molar-refractivity contribution in [1.29, 1.82) is 0 Å². The van der Waals surface area contributed by atoms with Crippen LogP contribution in [-0.2, 0) is 19.1 Å². The Balaban J connectivity index is 5.14. The molecule has 0 aliphatic rings. The Hall–Kier alpha value is -1.84. The van der Waals surface area contributed by atoms with Crippen LogP contribution in [0.3, 0.4) is 0 Å². The van der Waals surface area contributed by atoms with E-state index in [9.17, 15) is 9.59 Å². The number of hydrogen-bond acceptors (Lipinski definition) is 4. The molecule has 0 spiro atoms. The molecule has 0 aromatic carbocycles. The van der Waals surface area contributed by atoms with Gasteiger partial charge in [0.15, 0.2) is 0 Å². The van der Waals surface area contributed by atoms with Gasteiger partial charge in [-0.2, -0.15) is 0 Å². The SMILES string of the molecule is C=CCOC(=O)/C(CC)=C(/CCC)C(=O)OCC=C. The van der Waals surface area contributed by atoms with Crippen LogP contribution in [0, 0.1) is 0 Å². The maximum absolute atomic E-state index is 11.9. The highest BCUT2D eigenvalue weighted by Crippen LogP contribution is 2.18. The first-order valence-electron chi connectivity index (χ1n) is 6.40. The van der Waals surface area contributed by atoms with E-state index in [-0.39, 0.29) is 13.2 Å². The fourth-order valence-electron chi connectivity index (χ4n) is 1.55. The molecule has 106 valence electrons. The quantitative estimate of drug-likeness (QED) is 0.366. The molecule has 0 unspecified atom stereocenters. The summed E-state index contributed by atoms with van der Waals surface area (Å²) in [7, 11) is 0. The van der Waals surface area contributed by atoms with Crippen LogP contribution < -0.4 is 0 Å². The van der Waals surface area contributed by atoms with Crippen molar-refractivity contribution >= 4 is 11.9 Å². The summed E-state index contributed by atoms with van der Waals surface area (Å²) in [5, 5.41) is 0. The lowest BCUT2D eigenvalue weighted by Gasteiger charge is -2.12. The van der Waals surface area contributed by atoms with Crippen LogP contribution in [0.15, 0.2) is 36.5 Å². The standard InChI is InChI=1S/C15H22O4/c1-5-9-13(15(17)19-11-7-3)12(8-4)14(16)18-10-6-2/h6-7H,2-3,5,8-11H2,1,4H3/b13-12-. The number of hydrogen-bond donors (Lipinski definition) is 0. The molecular formula is C15H22O4. The van der Waals surface area contributed by atoms with Crippen molar-refractivity contribution in [2.45, 2.75) is 33.1 Å². The Kier molecular flexibility index (Phi) is 9.14. The summed E-state index contributed by atoms with van der Waals surface area (Å²) in [5.74, 6) is -0.962. The maximum atomic E-state index is 11.9. The molecule has 0 heterocycles. The van der Waals surface area contributed by atoms with E-state index in [2.05, 4.69) is 13.2 Å². The van der Waals surface area contributed by atoms with Gasteiger partial charge in [-0.05, 0) is 12.8 Å². The Morgan fingerprint density at radius 1 is 0.947 bits per heavy atom. The van der Waals surface area contributed by atoms with Gasteiger partial charge in [-0.15, -0.1) is 0 Å². The van der Waals surface area contributed by atoms with E-state index in [1.54, 1.807) is 6.92 Å². The second-order valence-corrected chi connectivity index (χ2v) is 3.83. The highest BCUT2D eigenvalue weighted by Gasteiger charge is 2.21. The van der Waals surface area contributed by atoms with Crippen LogP contribution in [0.4, 0.5) is 0 Å². The molecule has 0 aliphatic carbocycles. The molecule has 4 heteroatoms. The number of rotatable bonds is 9. The summed E-state index contributed by atoms with van der Waals surface area (Å²) in [4.78, 5) is 23.8. The predicted octanol–water partition coefficient (Wildman–Crippen LogP) is 2.95. The highest BCUT2D eigenvalue weighted by atomic mass is 16.5. The van der Waals surface area contributed by atoms with Gasteiger partial charge in [0, 0.05) is 11.1 Å². The van der Waals surface area contributed by atoms with Gasteiger partial charge in [0.25, 0.3) is 0 Å². The van der Waals surface area contributed by atoms with Gasteiger partial charge in [-0.1, -0.05) is 45.6 Å². The summed E-state index contributed by atoms with van der Waals surface area (Å²) in [5.41, 5.74) is 0.763. The van der Waals surface area contributed by atoms with Gasteiger partial charge < -0.3 is 9.47 Å². The summed E-state index contributed by atoms with van der Waals surface area (Å²) in [6.45, 7) is 11.0. The van der Waals surface area contributed by atoms with E-state index >= 15 is 0 Å². The van der Waals surface area contributed by atoms with Gasteiger partial charge >= 0.3 is 11.9 Å². The normalized spacial score (nSPS) is 11.3. The average Bonchev–Trinajstić information content (AvgIpc) is 2.42. The predicted molar refractivity (Wildman–Crippen MR) is 74.5 cm³/mol. The van der Waals surface area contributed by atoms with Crippen LogP contribution in [0.2, 0.25) is 0 Å². The van der Waals surface area contributed by atoms with Crippen LogP contribution in [0.25, 0.3) is 0 Å². The molecule has 0 amide bonds. The molecule has 0 radical (unpaired) electrons. The lowest BCUT2D eigenvalue weighted by atomic mass is 10.0. The van der Waals surface area contributed by atoms with E-state index in [0.717, 1.165) is 6.42 Å². The smallest absolute Gasteiger partial charge is 0.334 e. The Labute approximate surface area is 114 Å². The van der Waals surface area contributed by atoms with Crippen LogP contribution in [-0.4, -0.2) is 25.2 Å². The van der Waals surface area contributed by atoms with Crippen molar-refractivity contribution in [3.8, 4) is 0 Å². The van der Waals surface area contributed by atoms with Gasteiger partial charge in [0.05, 0.1) is 0 Å². The molecule has 0 N–H and O–H groups in total. The van der Waals surface area contributed by atoms with Gasteiger partial charge in [0.2, 0.25) is 0 Å². The van der Waals surface area contributed by atoms with Crippen LogP contribution >= 0.6 is 0 Å². The van der Waals surface area contributed by atoms with E-state index in [1.165, 1.54) is 12.2 Å². The molecule has 0 aromatic rings. The molecule has 0 fully saturated rings. The third-order valence-electron chi connectivity index (χ3n) is 2.38. The summed E-state index contributed by atoms with van der Waals surface area (Å²) in [6, 6.07) is 0. The molecular weight excluding hydrogens is 244 g/mol. The van der Waals surface area contributed by atoms with Crippen molar-refractivity contribution in [2.24, 2.45) is 0 Å². The zero-order valence-electron chi connectivity index (χ0n) is 11.7. The van der Waals surface area contributed by atoms with Crippen LogP contribution in [0.1, 0.15) is 33.1 Å². The van der Waals surface area contributed by atoms with E-state index < -0.39 is 11.9 Å². The van der Waals surface area contributed by atoms with E-state index in [1.807, 2.05) is 6.92 Å². The fraction of sp³-hybridized carbons (Fsp3) is 0.467. The first-order chi connectivity index (χ1) is 9.12. The topological polar surface area (TPSA) is 52.6 Å². The highest BCUT2D eigenvalue weighted by molar-refractivity contribution is 6.00. The number of ether oxygens (including phenoxy) is 2. The van der Waals surface area contributed by atoms with Crippen LogP contribution in [0.5, 0.6) is 0 Å². The minimum absolute atomic E-state index is 0.128. The zero-order valence-corrected chi connectivity index (χ0v) is 11.7. The first-order valence-corrected chi connectivity index (χ1v) is 6.40. The summed E-state index contributed by atoms with van der Waals surface area (Å²) < 4.78 is 9.98. The van der Waals surface area contributed by atoms with E-state index in [4.69, 9.17) is 9.47 Å². The first kappa shape index (κ1) is 17.2. The number of carbonyl (C=O) groups excluding carboxylic acids is 2. The Morgan fingerprint density at radius 3 is 1.79 bits per heavy atom. The molecule has 0 aromatic heterocycles. The largest absolute Gasteiger partial charge is 0.458 e. The molecule has 19 heavy (non-hydrogen) atoms. The molecule has 0 aliphatic heterocycles. The third-order valence-corrected chi connectivity index (χ3v) is 2.38. The fourth-order valence-corrected chi connectivity index (χ4v) is 1.55. The monoisotopic (exact) mass is 266 g/mol. The minimum atomic E-state index is -0.485. The number of esters is 2. The second kappa shape index (κ2) is 10.1. The second-order valence-electron chi connectivity index (χ2n) is 3.83. The van der Waals surface area contributed by atoms with Gasteiger partial charge in [0.1, 0.15) is 13.2 Å². The molecule has 0 saturated heterocycles. The Bertz CT molecular complexity index is 366. The average molecular weight is 266 g/mol. The van der Waals surface area contributed by atoms with Crippen molar-refractivity contribution in [3.63, 3.8) is 0 Å². The van der Waals surface area contributed by atoms with Crippen molar-refractivity contribution in [3.05, 3.63) is 36.5 Å². The maximum Gasteiger partial charge on any atom is 0.334 e. The third kappa shape index (κ3) is 6.04. The molecule has 0 rings (SSSR count).